The number of ether oxygens (including phenoxy) is 1. The fourth-order valence-electron chi connectivity index (χ4n) is 7.14. The Morgan fingerprint density at radius 2 is 1.21 bits per heavy atom. The van der Waals surface area contributed by atoms with Gasteiger partial charge in [-0.3, -0.25) is 0 Å². The number of fused-ring (bicyclic) bond motifs is 9. The number of benzene rings is 4. The molecule has 7 rings (SSSR count). The third-order valence-electron chi connectivity index (χ3n) is 9.13. The highest BCUT2D eigenvalue weighted by molar-refractivity contribution is 5.90. The number of rotatable bonds is 7. The van der Waals surface area contributed by atoms with Gasteiger partial charge in [-0.15, -0.1) is 0 Å². The molecule has 1 spiro atoms. The van der Waals surface area contributed by atoms with Crippen molar-refractivity contribution in [1.82, 2.24) is 9.78 Å². The number of aryl methyl sites for hydroxylation is 1. The van der Waals surface area contributed by atoms with Crippen molar-refractivity contribution in [3.8, 4) is 33.8 Å². The van der Waals surface area contributed by atoms with E-state index in [1.54, 1.807) is 0 Å². The van der Waals surface area contributed by atoms with Gasteiger partial charge in [-0.1, -0.05) is 42.5 Å². The van der Waals surface area contributed by atoms with Gasteiger partial charge in [0.15, 0.2) is 5.60 Å². The molecule has 0 unspecified atom stereocenters. The van der Waals surface area contributed by atoms with Crippen molar-refractivity contribution in [3.63, 3.8) is 0 Å². The monoisotopic (exact) mass is 554 g/mol. The summed E-state index contributed by atoms with van der Waals surface area (Å²) in [6.07, 6.45) is 0. The molecule has 0 bridgehead atoms. The van der Waals surface area contributed by atoms with E-state index < -0.39 is 5.60 Å². The first-order chi connectivity index (χ1) is 20.5. The van der Waals surface area contributed by atoms with Crippen LogP contribution >= 0.6 is 0 Å². The quantitative estimate of drug-likeness (QED) is 0.203. The van der Waals surface area contributed by atoms with Crippen LogP contribution in [0, 0.1) is 6.92 Å². The molecule has 5 heteroatoms. The van der Waals surface area contributed by atoms with E-state index in [9.17, 15) is 0 Å². The highest BCUT2D eigenvalue weighted by atomic mass is 16.5. The van der Waals surface area contributed by atoms with E-state index in [-0.39, 0.29) is 0 Å². The molecule has 0 saturated carbocycles. The smallest absolute Gasteiger partial charge is 0.189 e. The topological polar surface area (TPSA) is 33.5 Å². The average molecular weight is 555 g/mol. The van der Waals surface area contributed by atoms with Crippen LogP contribution in [0.4, 0.5) is 11.4 Å². The molecule has 212 valence electrons. The molecule has 0 radical (unpaired) electrons. The lowest BCUT2D eigenvalue weighted by atomic mass is 9.79. The van der Waals surface area contributed by atoms with Crippen molar-refractivity contribution in [2.45, 2.75) is 40.2 Å². The molecule has 1 aromatic heterocycles. The van der Waals surface area contributed by atoms with E-state index in [2.05, 4.69) is 140 Å². The van der Waals surface area contributed by atoms with Crippen LogP contribution in [0.5, 0.6) is 5.75 Å². The third-order valence-corrected chi connectivity index (χ3v) is 9.13. The van der Waals surface area contributed by atoms with Gasteiger partial charge in [0.25, 0.3) is 0 Å². The predicted octanol–water partition coefficient (Wildman–Crippen LogP) is 8.20. The fourth-order valence-corrected chi connectivity index (χ4v) is 7.14. The number of aromatic nitrogens is 2. The second-order valence-electron chi connectivity index (χ2n) is 11.1. The van der Waals surface area contributed by atoms with Gasteiger partial charge in [-0.05, 0) is 94.3 Å². The van der Waals surface area contributed by atoms with Crippen LogP contribution in [-0.4, -0.2) is 36.0 Å². The number of nitrogens with zero attached hydrogens (tertiary/aromatic N) is 4. The summed E-state index contributed by atoms with van der Waals surface area (Å²) >= 11 is 0. The zero-order valence-corrected chi connectivity index (χ0v) is 25.2. The molecule has 2 aliphatic rings. The second kappa shape index (κ2) is 10.1. The second-order valence-corrected chi connectivity index (χ2v) is 11.1. The average Bonchev–Trinajstić information content (AvgIpc) is 3.52. The van der Waals surface area contributed by atoms with Crippen molar-refractivity contribution in [2.75, 3.05) is 36.0 Å². The molecule has 5 aromatic rings. The van der Waals surface area contributed by atoms with E-state index in [0.29, 0.717) is 0 Å². The van der Waals surface area contributed by atoms with Crippen molar-refractivity contribution < 1.29 is 4.74 Å². The zero-order valence-electron chi connectivity index (χ0n) is 25.2. The highest BCUT2D eigenvalue weighted by Gasteiger charge is 2.53. The van der Waals surface area contributed by atoms with Crippen molar-refractivity contribution >= 4 is 11.4 Å². The number of hydrogen-bond acceptors (Lipinski definition) is 4. The Bertz CT molecular complexity index is 1720. The lowest BCUT2D eigenvalue weighted by Gasteiger charge is -2.38. The van der Waals surface area contributed by atoms with Crippen LogP contribution in [0.15, 0.2) is 91.0 Å². The Kier molecular flexibility index (Phi) is 6.34. The van der Waals surface area contributed by atoms with Gasteiger partial charge in [0, 0.05) is 54.2 Å². The number of anilines is 2. The molecular formula is C37H38N4O. The first-order valence-electron chi connectivity index (χ1n) is 15.3. The summed E-state index contributed by atoms with van der Waals surface area (Å²) in [7, 11) is 0. The van der Waals surface area contributed by atoms with Crippen molar-refractivity contribution in [1.29, 1.82) is 0 Å². The predicted molar refractivity (Wildman–Crippen MR) is 173 cm³/mol. The summed E-state index contributed by atoms with van der Waals surface area (Å²) in [6, 6.07) is 32.8. The molecule has 0 N–H and O–H groups in total. The van der Waals surface area contributed by atoms with E-state index >= 15 is 0 Å². The summed E-state index contributed by atoms with van der Waals surface area (Å²) in [5.41, 5.74) is 11.8. The van der Waals surface area contributed by atoms with E-state index in [0.717, 1.165) is 60.1 Å². The standard InChI is InChI=1S/C37H38N4O/c1-6-39(7-2)27-19-21-32-30(23-27)31-24-28(40(8-3)9-4)20-22-33(31)37(32)35-25(5)38-41(26-15-11-10-12-16-26)36(35)29-17-13-14-18-34(29)42-37/h10-24H,6-9H2,1-5H3. The van der Waals surface area contributed by atoms with E-state index in [1.165, 1.54) is 33.6 Å². The Morgan fingerprint density at radius 3 is 1.79 bits per heavy atom. The molecule has 4 aromatic carbocycles. The van der Waals surface area contributed by atoms with Crippen LogP contribution in [0.1, 0.15) is 50.1 Å². The van der Waals surface area contributed by atoms with Gasteiger partial charge < -0.3 is 14.5 Å². The first-order valence-corrected chi connectivity index (χ1v) is 15.3. The van der Waals surface area contributed by atoms with Gasteiger partial charge in [0.05, 0.1) is 22.6 Å². The summed E-state index contributed by atoms with van der Waals surface area (Å²) in [4.78, 5) is 4.83. The maximum Gasteiger partial charge on any atom is 0.189 e. The summed E-state index contributed by atoms with van der Waals surface area (Å²) < 4.78 is 9.43. The molecular weight excluding hydrogens is 516 g/mol. The summed E-state index contributed by atoms with van der Waals surface area (Å²) in [6.45, 7) is 14.9. The van der Waals surface area contributed by atoms with Crippen LogP contribution in [0.25, 0.3) is 28.1 Å². The van der Waals surface area contributed by atoms with Crippen LogP contribution < -0.4 is 14.5 Å². The summed E-state index contributed by atoms with van der Waals surface area (Å²) in [5, 5.41) is 5.19. The molecule has 1 aliphatic carbocycles. The molecule has 42 heavy (non-hydrogen) atoms. The molecule has 5 nitrogen and oxygen atoms in total. The summed E-state index contributed by atoms with van der Waals surface area (Å²) in [5.74, 6) is 0.876. The zero-order chi connectivity index (χ0) is 29.0. The van der Waals surface area contributed by atoms with Crippen LogP contribution in [0.2, 0.25) is 0 Å². The maximum absolute atomic E-state index is 7.32. The van der Waals surface area contributed by atoms with Gasteiger partial charge in [-0.2, -0.15) is 5.10 Å². The van der Waals surface area contributed by atoms with Crippen molar-refractivity contribution in [3.05, 3.63) is 113 Å². The minimum absolute atomic E-state index is 0.810. The molecule has 0 fully saturated rings. The minimum atomic E-state index is -0.810. The molecule has 2 heterocycles. The highest BCUT2D eigenvalue weighted by Crippen LogP contribution is 2.60. The lowest BCUT2D eigenvalue weighted by molar-refractivity contribution is 0.156. The molecule has 0 atom stereocenters. The fraction of sp³-hybridized carbons (Fsp3) is 0.270. The van der Waals surface area contributed by atoms with Crippen molar-refractivity contribution in [2.24, 2.45) is 0 Å². The maximum atomic E-state index is 7.32. The third kappa shape index (κ3) is 3.65. The molecule has 0 saturated heterocycles. The van der Waals surface area contributed by atoms with Gasteiger partial charge >= 0.3 is 0 Å². The Hall–Kier alpha value is -4.51. The van der Waals surface area contributed by atoms with Gasteiger partial charge in [-0.25, -0.2) is 4.68 Å². The van der Waals surface area contributed by atoms with Gasteiger partial charge in [0.1, 0.15) is 5.75 Å². The van der Waals surface area contributed by atoms with Crippen LogP contribution in [-0.2, 0) is 5.60 Å². The molecule has 1 aliphatic heterocycles. The number of para-hydroxylation sites is 2. The Balaban J connectivity index is 1.57. The SMILES string of the molecule is CCN(CC)c1ccc2c(c1)-c1cc(N(CC)CC)ccc1C21Oc2ccccc2-c2c1c(C)nn2-c1ccccc1. The Morgan fingerprint density at radius 1 is 0.667 bits per heavy atom. The van der Waals surface area contributed by atoms with E-state index in [4.69, 9.17) is 9.84 Å². The first kappa shape index (κ1) is 26.4. The van der Waals surface area contributed by atoms with Gasteiger partial charge in [0.2, 0.25) is 0 Å². The number of hydrogen-bond donors (Lipinski definition) is 0. The largest absolute Gasteiger partial charge is 0.472 e. The minimum Gasteiger partial charge on any atom is -0.472 e. The van der Waals surface area contributed by atoms with Crippen LogP contribution in [0.3, 0.4) is 0 Å². The van der Waals surface area contributed by atoms with E-state index in [1.807, 2.05) is 0 Å². The Labute approximate surface area is 249 Å². The molecule has 0 amide bonds. The normalized spacial score (nSPS) is 13.6. The lowest BCUT2D eigenvalue weighted by Crippen LogP contribution is -2.37.